The fourth-order valence-electron chi connectivity index (χ4n) is 5.57. The van der Waals surface area contributed by atoms with Crippen LogP contribution in [0.15, 0.2) is 48.7 Å². The number of methoxy groups -OCH3 is 1. The van der Waals surface area contributed by atoms with Gasteiger partial charge in [-0.1, -0.05) is 20.8 Å². The van der Waals surface area contributed by atoms with Crippen LogP contribution in [0.4, 0.5) is 10.5 Å². The number of carbonyl (C=O) groups is 1. The summed E-state index contributed by atoms with van der Waals surface area (Å²) in [7, 11) is 0.813. The highest BCUT2D eigenvalue weighted by atomic mass is 28.2. The molecule has 0 bridgehead atoms. The van der Waals surface area contributed by atoms with Gasteiger partial charge in [-0.25, -0.2) is 4.79 Å². The molecule has 4 rings (SSSR count). The lowest BCUT2D eigenvalue weighted by Crippen LogP contribution is -2.64. The molecule has 2 aromatic heterocycles. The Kier molecular flexibility index (Phi) is 9.37. The first-order valence-electron chi connectivity index (χ1n) is 15.2. The third-order valence-corrected chi connectivity index (χ3v) is 9.54. The standard InChI is InChI=1S/C34H50N4O4Si/c1-23-14-15-24(2)38(23)28-21-25(40-11)16-17-26(28)30-27(13-12-18-35-30)36-19-20-37(31(39)41-32(3,4)5)29(22-36)34(9,10)42-43-33(6,7)8/h12-18,21,29H,19-20,22,43H2,1-11H3/t29-/m1/s1. The van der Waals surface area contributed by atoms with Crippen molar-refractivity contribution in [1.29, 1.82) is 0 Å². The smallest absolute Gasteiger partial charge is 0.410 e. The van der Waals surface area contributed by atoms with Gasteiger partial charge in [0.15, 0.2) is 9.76 Å². The summed E-state index contributed by atoms with van der Waals surface area (Å²) in [5, 5.41) is 0.123. The highest BCUT2D eigenvalue weighted by Gasteiger charge is 2.43. The van der Waals surface area contributed by atoms with Crippen molar-refractivity contribution in [3.63, 3.8) is 0 Å². The normalized spacial score (nSPS) is 16.7. The molecule has 8 nitrogen and oxygen atoms in total. The summed E-state index contributed by atoms with van der Waals surface area (Å²) in [6.45, 7) is 22.6. The predicted molar refractivity (Wildman–Crippen MR) is 177 cm³/mol. The van der Waals surface area contributed by atoms with Crippen molar-refractivity contribution in [2.45, 2.75) is 91.5 Å². The fourth-order valence-corrected chi connectivity index (χ4v) is 6.56. The minimum Gasteiger partial charge on any atom is -0.497 e. The van der Waals surface area contributed by atoms with E-state index in [2.05, 4.69) is 88.3 Å². The summed E-state index contributed by atoms with van der Waals surface area (Å²) in [5.74, 6) is 0.789. The zero-order chi connectivity index (χ0) is 31.7. The number of pyridine rings is 1. The van der Waals surface area contributed by atoms with Gasteiger partial charge in [-0.15, -0.1) is 0 Å². The molecule has 3 aromatic rings. The lowest BCUT2D eigenvalue weighted by Gasteiger charge is -2.49. The van der Waals surface area contributed by atoms with E-state index >= 15 is 0 Å². The molecule has 1 saturated heterocycles. The van der Waals surface area contributed by atoms with Gasteiger partial charge in [-0.3, -0.25) is 9.88 Å². The second-order valence-corrected chi connectivity index (χ2v) is 17.0. The Balaban J connectivity index is 1.77. The second kappa shape index (κ2) is 12.4. The number of amides is 1. The van der Waals surface area contributed by atoms with Crippen LogP contribution < -0.4 is 9.64 Å². The number of aromatic nitrogens is 2. The molecule has 1 atom stereocenters. The van der Waals surface area contributed by atoms with Crippen LogP contribution in [0.3, 0.4) is 0 Å². The largest absolute Gasteiger partial charge is 0.497 e. The van der Waals surface area contributed by atoms with Gasteiger partial charge >= 0.3 is 6.09 Å². The first kappa shape index (κ1) is 32.6. The number of anilines is 1. The topological polar surface area (TPSA) is 69.1 Å². The van der Waals surface area contributed by atoms with Gasteiger partial charge in [-0.2, -0.15) is 0 Å². The van der Waals surface area contributed by atoms with Crippen molar-refractivity contribution in [3.8, 4) is 22.7 Å². The number of carbonyl (C=O) groups excluding carboxylic acids is 1. The third-order valence-electron chi connectivity index (χ3n) is 7.79. The van der Waals surface area contributed by atoms with Crippen molar-refractivity contribution in [2.75, 3.05) is 31.6 Å². The maximum absolute atomic E-state index is 13.5. The maximum atomic E-state index is 13.5. The Bertz CT molecular complexity index is 1420. The highest BCUT2D eigenvalue weighted by molar-refractivity contribution is 6.31. The minimum atomic E-state index is -0.878. The number of nitrogens with zero attached hydrogens (tertiary/aromatic N) is 4. The van der Waals surface area contributed by atoms with Crippen LogP contribution in [0.25, 0.3) is 16.9 Å². The monoisotopic (exact) mass is 606 g/mol. The molecular weight excluding hydrogens is 556 g/mol. The van der Waals surface area contributed by atoms with Gasteiger partial charge in [-0.05, 0) is 89.9 Å². The van der Waals surface area contributed by atoms with Crippen molar-refractivity contribution < 1.29 is 18.7 Å². The fraction of sp³-hybridized carbons (Fsp3) is 0.529. The number of rotatable bonds is 7. The zero-order valence-corrected chi connectivity index (χ0v) is 29.4. The molecule has 1 fully saturated rings. The number of ether oxygens (including phenoxy) is 2. The quantitative estimate of drug-likeness (QED) is 0.279. The highest BCUT2D eigenvalue weighted by Crippen LogP contribution is 2.38. The van der Waals surface area contributed by atoms with Crippen LogP contribution in [0.5, 0.6) is 5.75 Å². The van der Waals surface area contributed by atoms with Crippen LogP contribution in [-0.4, -0.2) is 74.3 Å². The van der Waals surface area contributed by atoms with Crippen molar-refractivity contribution >= 4 is 21.5 Å². The summed E-state index contributed by atoms with van der Waals surface area (Å²) in [4.78, 5) is 22.7. The lowest BCUT2D eigenvalue weighted by molar-refractivity contribution is -0.0296. The minimum absolute atomic E-state index is 0.123. The average molecular weight is 607 g/mol. The summed E-state index contributed by atoms with van der Waals surface area (Å²) in [5.41, 5.74) is 5.06. The van der Waals surface area contributed by atoms with E-state index in [-0.39, 0.29) is 17.2 Å². The van der Waals surface area contributed by atoms with Gasteiger partial charge in [0, 0.05) is 48.8 Å². The molecule has 1 aliphatic heterocycles. The molecule has 0 N–H and O–H groups in total. The van der Waals surface area contributed by atoms with Gasteiger partial charge < -0.3 is 23.4 Å². The average Bonchev–Trinajstić information content (AvgIpc) is 3.27. The van der Waals surface area contributed by atoms with E-state index in [9.17, 15) is 4.79 Å². The van der Waals surface area contributed by atoms with Crippen LogP contribution in [0.2, 0.25) is 5.04 Å². The Morgan fingerprint density at radius 3 is 2.21 bits per heavy atom. The Morgan fingerprint density at radius 2 is 1.60 bits per heavy atom. The lowest BCUT2D eigenvalue weighted by atomic mass is 9.94. The van der Waals surface area contributed by atoms with Crippen LogP contribution in [-0.2, 0) is 9.16 Å². The van der Waals surface area contributed by atoms with E-state index in [1.807, 2.05) is 44.0 Å². The van der Waals surface area contributed by atoms with Crippen LogP contribution >= 0.6 is 0 Å². The number of piperazine rings is 1. The summed E-state index contributed by atoms with van der Waals surface area (Å²) < 4.78 is 20.5. The molecule has 0 spiro atoms. The van der Waals surface area contributed by atoms with Gasteiger partial charge in [0.05, 0.1) is 35.8 Å². The van der Waals surface area contributed by atoms with E-state index < -0.39 is 21.0 Å². The SMILES string of the molecule is COc1ccc(-c2ncccc2N2CCN(C(=O)OC(C)(C)C)[C@@H](C(C)(C)O[SiH2]C(C)(C)C)C2)c(-n2c(C)ccc2C)c1. The molecule has 1 aliphatic rings. The first-order chi connectivity index (χ1) is 20.0. The summed E-state index contributed by atoms with van der Waals surface area (Å²) in [6, 6.07) is 14.3. The third kappa shape index (κ3) is 7.62. The number of hydrogen-bond acceptors (Lipinski definition) is 6. The van der Waals surface area contributed by atoms with E-state index in [0.29, 0.717) is 19.6 Å². The molecule has 0 unspecified atom stereocenters. The predicted octanol–water partition coefficient (Wildman–Crippen LogP) is 6.69. The number of aryl methyl sites for hydroxylation is 2. The van der Waals surface area contributed by atoms with Crippen molar-refractivity contribution in [1.82, 2.24) is 14.5 Å². The maximum Gasteiger partial charge on any atom is 0.410 e. The molecule has 1 amide bonds. The Hall–Kier alpha value is -3.30. The molecule has 234 valence electrons. The van der Waals surface area contributed by atoms with E-state index in [0.717, 1.165) is 39.8 Å². The molecule has 0 saturated carbocycles. The van der Waals surface area contributed by atoms with Crippen LogP contribution in [0.1, 0.15) is 66.8 Å². The van der Waals surface area contributed by atoms with Gasteiger partial charge in [0.2, 0.25) is 0 Å². The van der Waals surface area contributed by atoms with Crippen molar-refractivity contribution in [3.05, 3.63) is 60.0 Å². The summed E-state index contributed by atoms with van der Waals surface area (Å²) in [6.07, 6.45) is 1.55. The molecule has 0 aliphatic carbocycles. The number of benzene rings is 1. The van der Waals surface area contributed by atoms with Gasteiger partial charge in [0.1, 0.15) is 11.4 Å². The Morgan fingerprint density at radius 1 is 0.930 bits per heavy atom. The first-order valence-corrected chi connectivity index (χ1v) is 16.5. The van der Waals surface area contributed by atoms with Crippen LogP contribution in [0, 0.1) is 13.8 Å². The zero-order valence-electron chi connectivity index (χ0n) is 27.9. The van der Waals surface area contributed by atoms with Gasteiger partial charge in [0.25, 0.3) is 0 Å². The molecule has 3 heterocycles. The van der Waals surface area contributed by atoms with Crippen molar-refractivity contribution in [2.24, 2.45) is 0 Å². The molecule has 0 radical (unpaired) electrons. The van der Waals surface area contributed by atoms with E-state index in [1.165, 1.54) is 0 Å². The summed E-state index contributed by atoms with van der Waals surface area (Å²) >= 11 is 0. The van der Waals surface area contributed by atoms with E-state index in [4.69, 9.17) is 18.9 Å². The molecule has 43 heavy (non-hydrogen) atoms. The molecular formula is C34H50N4O4Si. The van der Waals surface area contributed by atoms with E-state index in [1.54, 1.807) is 7.11 Å². The second-order valence-electron chi connectivity index (χ2n) is 14.3. The Labute approximate surface area is 260 Å². The number of hydrogen-bond donors (Lipinski definition) is 0. The molecule has 9 heteroatoms. The molecule has 1 aromatic carbocycles.